The van der Waals surface area contributed by atoms with Gasteiger partial charge in [0.15, 0.2) is 0 Å². The smallest absolute Gasteiger partial charge is 0.302 e. The van der Waals surface area contributed by atoms with Gasteiger partial charge in [-0.25, -0.2) is 0 Å². The highest BCUT2D eigenvalue weighted by Gasteiger charge is 1.99. The van der Waals surface area contributed by atoms with E-state index < -0.39 is 5.38 Å². The largest absolute Gasteiger partial charge is 0.466 e. The van der Waals surface area contributed by atoms with E-state index in [0.29, 0.717) is 6.61 Å². The Bertz CT molecular complexity index is 148. The number of hydrogen-bond donors (Lipinski definition) is 1. The predicted octanol–water partition coefficient (Wildman–Crippen LogP) is 1.64. The summed E-state index contributed by atoms with van der Waals surface area (Å²) in [5.74, 6) is -0.211. The molecule has 0 aliphatic rings. The second-order valence-electron chi connectivity index (χ2n) is 1.88. The molecule has 0 rings (SSSR count). The van der Waals surface area contributed by atoms with E-state index in [1.165, 1.54) is 6.92 Å². The third-order valence-electron chi connectivity index (χ3n) is 0.688. The highest BCUT2D eigenvalue weighted by molar-refractivity contribution is 7.96. The van der Waals surface area contributed by atoms with E-state index in [4.69, 9.17) is 11.6 Å². The lowest BCUT2D eigenvalue weighted by Gasteiger charge is -1.89. The molecule has 0 heterocycles. The Labute approximate surface area is 82.8 Å². The number of halogens is 1. The Hall–Kier alpha value is -0.220. The molecule has 0 saturated heterocycles. The van der Waals surface area contributed by atoms with Crippen LogP contribution in [-0.4, -0.2) is 23.1 Å². The lowest BCUT2D eigenvalue weighted by Crippen LogP contribution is -1.99. The highest BCUT2D eigenvalue weighted by Crippen LogP contribution is 1.96. The van der Waals surface area contributed by atoms with Crippen molar-refractivity contribution < 1.29 is 14.3 Å². The van der Waals surface area contributed by atoms with Gasteiger partial charge in [-0.3, -0.25) is 9.59 Å². The number of alkyl halides is 1. The van der Waals surface area contributed by atoms with Crippen molar-refractivity contribution >= 4 is 35.3 Å². The second kappa shape index (κ2) is 8.87. The monoisotopic (exact) mass is 212 g/mol. The van der Waals surface area contributed by atoms with Crippen molar-refractivity contribution in [2.24, 2.45) is 0 Å². The number of rotatable bonds is 2. The molecule has 0 aliphatic carbocycles. The van der Waals surface area contributed by atoms with Crippen LogP contribution < -0.4 is 0 Å². The maximum absolute atomic E-state index is 9.88. The number of carbonyl (C=O) groups excluding carboxylic acids is 2. The first kappa shape index (κ1) is 14.3. The summed E-state index contributed by atoms with van der Waals surface area (Å²) in [6.45, 7) is 5.23. The maximum atomic E-state index is 9.88. The Kier molecular flexibility index (Phi) is 10.6. The molecule has 0 aromatic rings. The molecule has 0 radical (unpaired) electrons. The standard InChI is InChI=1S/C4H8O2.C3H5ClOS/c1-3-6-4(2)5;1-2(4)3(5)6/h3H2,1-2H3;2H,1H3,(H,5,6). The van der Waals surface area contributed by atoms with Gasteiger partial charge in [-0.1, -0.05) is 0 Å². The van der Waals surface area contributed by atoms with E-state index in [9.17, 15) is 9.59 Å². The molecule has 3 nitrogen and oxygen atoms in total. The molecule has 72 valence electrons. The molecule has 0 spiro atoms. The first-order valence-electron chi connectivity index (χ1n) is 3.42. The fraction of sp³-hybridized carbons (Fsp3) is 0.714. The van der Waals surface area contributed by atoms with Crippen molar-refractivity contribution in [1.82, 2.24) is 0 Å². The summed E-state index contributed by atoms with van der Waals surface area (Å²) in [5, 5.41) is -0.731. The highest BCUT2D eigenvalue weighted by atomic mass is 35.5. The minimum Gasteiger partial charge on any atom is -0.466 e. The fourth-order valence-corrected chi connectivity index (χ4v) is 0.203. The molecule has 0 amide bonds. The lowest BCUT2D eigenvalue weighted by atomic mass is 10.5. The summed E-state index contributed by atoms with van der Waals surface area (Å²) in [6, 6.07) is 0. The van der Waals surface area contributed by atoms with Gasteiger partial charge in [-0.2, -0.15) is 0 Å². The topological polar surface area (TPSA) is 43.4 Å². The molecule has 0 fully saturated rings. The summed E-state index contributed by atoms with van der Waals surface area (Å²) in [6.07, 6.45) is 0. The first-order chi connectivity index (χ1) is 5.41. The second-order valence-corrected chi connectivity index (χ2v) is 2.97. The Morgan fingerprint density at radius 1 is 1.58 bits per heavy atom. The maximum Gasteiger partial charge on any atom is 0.302 e. The normalized spacial score (nSPS) is 10.8. The van der Waals surface area contributed by atoms with Crippen LogP contribution in [0.1, 0.15) is 20.8 Å². The Morgan fingerprint density at radius 2 is 1.92 bits per heavy atom. The number of carbonyl (C=O) groups is 2. The van der Waals surface area contributed by atoms with Gasteiger partial charge < -0.3 is 4.74 Å². The van der Waals surface area contributed by atoms with E-state index in [1.54, 1.807) is 13.8 Å². The molecule has 0 aromatic carbocycles. The van der Waals surface area contributed by atoms with Gasteiger partial charge >= 0.3 is 5.97 Å². The third kappa shape index (κ3) is 16.4. The molecule has 0 saturated carbocycles. The van der Waals surface area contributed by atoms with Gasteiger partial charge in [-0.05, 0) is 13.8 Å². The summed E-state index contributed by atoms with van der Waals surface area (Å²) < 4.78 is 4.40. The minimum atomic E-state index is -0.451. The van der Waals surface area contributed by atoms with Crippen LogP contribution >= 0.6 is 24.2 Å². The zero-order valence-electron chi connectivity index (χ0n) is 7.33. The molecule has 12 heavy (non-hydrogen) atoms. The van der Waals surface area contributed by atoms with E-state index in [2.05, 4.69) is 17.4 Å². The van der Waals surface area contributed by atoms with Crippen LogP contribution in [0.3, 0.4) is 0 Å². The third-order valence-corrected chi connectivity index (χ3v) is 1.43. The Balaban J connectivity index is 0. The van der Waals surface area contributed by atoms with Crippen LogP contribution in [0.2, 0.25) is 0 Å². The molecular weight excluding hydrogens is 200 g/mol. The van der Waals surface area contributed by atoms with E-state index >= 15 is 0 Å². The van der Waals surface area contributed by atoms with Crippen LogP contribution in [0.25, 0.3) is 0 Å². The summed E-state index contributed by atoms with van der Waals surface area (Å²) in [4.78, 5) is 19.7. The van der Waals surface area contributed by atoms with Gasteiger partial charge in [0.1, 0.15) is 0 Å². The van der Waals surface area contributed by atoms with E-state index in [-0.39, 0.29) is 11.1 Å². The van der Waals surface area contributed by atoms with E-state index in [0.717, 1.165) is 0 Å². The molecule has 0 bridgehead atoms. The molecule has 0 aliphatic heterocycles. The van der Waals surface area contributed by atoms with Crippen LogP contribution in [0.15, 0.2) is 0 Å². The SMILES string of the molecule is CC(Cl)C(=O)S.CCOC(C)=O. The van der Waals surface area contributed by atoms with Crippen molar-refractivity contribution in [3.8, 4) is 0 Å². The van der Waals surface area contributed by atoms with E-state index in [1.807, 2.05) is 0 Å². The van der Waals surface area contributed by atoms with Gasteiger partial charge in [-0.15, -0.1) is 24.2 Å². The summed E-state index contributed by atoms with van der Waals surface area (Å²) in [5.41, 5.74) is 0. The summed E-state index contributed by atoms with van der Waals surface area (Å²) >= 11 is 8.61. The van der Waals surface area contributed by atoms with Crippen molar-refractivity contribution in [1.29, 1.82) is 0 Å². The Morgan fingerprint density at radius 3 is 1.92 bits per heavy atom. The van der Waals surface area contributed by atoms with Crippen LogP contribution in [-0.2, 0) is 14.3 Å². The van der Waals surface area contributed by atoms with Gasteiger partial charge in [0.25, 0.3) is 0 Å². The number of hydrogen-bond acceptors (Lipinski definition) is 3. The average molecular weight is 213 g/mol. The zero-order valence-corrected chi connectivity index (χ0v) is 8.98. The van der Waals surface area contributed by atoms with Gasteiger partial charge in [0.05, 0.1) is 12.0 Å². The lowest BCUT2D eigenvalue weighted by molar-refractivity contribution is -0.140. The molecule has 0 aromatic heterocycles. The summed E-state index contributed by atoms with van der Waals surface area (Å²) in [7, 11) is 0. The van der Waals surface area contributed by atoms with Crippen molar-refractivity contribution in [2.75, 3.05) is 6.61 Å². The average Bonchev–Trinajstić information content (AvgIpc) is 1.87. The predicted molar refractivity (Wildman–Crippen MR) is 51.6 cm³/mol. The molecule has 0 N–H and O–H groups in total. The molecule has 5 heteroatoms. The van der Waals surface area contributed by atoms with Crippen LogP contribution in [0.4, 0.5) is 0 Å². The number of thiol groups is 1. The zero-order chi connectivity index (χ0) is 10.1. The first-order valence-corrected chi connectivity index (χ1v) is 4.30. The van der Waals surface area contributed by atoms with Crippen molar-refractivity contribution in [3.63, 3.8) is 0 Å². The van der Waals surface area contributed by atoms with Crippen LogP contribution in [0.5, 0.6) is 0 Å². The molecule has 1 unspecified atom stereocenters. The number of esters is 1. The van der Waals surface area contributed by atoms with Crippen molar-refractivity contribution in [3.05, 3.63) is 0 Å². The van der Waals surface area contributed by atoms with Gasteiger partial charge in [0.2, 0.25) is 5.12 Å². The number of ether oxygens (including phenoxy) is 1. The van der Waals surface area contributed by atoms with Crippen LogP contribution in [0, 0.1) is 0 Å². The minimum absolute atomic E-state index is 0.211. The molecule has 1 atom stereocenters. The fourth-order valence-electron chi connectivity index (χ4n) is 0.203. The van der Waals surface area contributed by atoms with Gasteiger partial charge in [0, 0.05) is 6.92 Å². The van der Waals surface area contributed by atoms with Crippen molar-refractivity contribution in [2.45, 2.75) is 26.1 Å². The molecular formula is C7H13ClO3S. The quantitative estimate of drug-likeness (QED) is 0.430.